The van der Waals surface area contributed by atoms with Gasteiger partial charge in [-0.3, -0.25) is 4.79 Å². The third kappa shape index (κ3) is 4.96. The average molecular weight is 270 g/mol. The molecule has 1 aromatic rings. The number of rotatable bonds is 6. The first kappa shape index (κ1) is 14.8. The number of thioether (sulfide) groups is 1. The summed E-state index contributed by atoms with van der Waals surface area (Å²) in [6.45, 7) is 4.05. The maximum atomic E-state index is 13.0. The number of benzene rings is 1. The highest BCUT2D eigenvalue weighted by atomic mass is 32.2. The van der Waals surface area contributed by atoms with Crippen LogP contribution in [-0.4, -0.2) is 17.7 Å². The lowest BCUT2D eigenvalue weighted by molar-refractivity contribution is -0.119. The van der Waals surface area contributed by atoms with Crippen LogP contribution < -0.4 is 11.1 Å². The lowest BCUT2D eigenvalue weighted by atomic mass is 10.2. The van der Waals surface area contributed by atoms with Crippen LogP contribution in [0.4, 0.5) is 10.1 Å². The Morgan fingerprint density at radius 1 is 1.56 bits per heavy atom. The normalized spacial score (nSPS) is 12.2. The summed E-state index contributed by atoms with van der Waals surface area (Å²) in [5.74, 6) is -0.141. The fourth-order valence-corrected chi connectivity index (χ4v) is 2.40. The summed E-state index contributed by atoms with van der Waals surface area (Å²) in [6, 6.07) is 4.34. The summed E-state index contributed by atoms with van der Waals surface area (Å²) in [4.78, 5) is 12.2. The zero-order valence-corrected chi connectivity index (χ0v) is 11.5. The van der Waals surface area contributed by atoms with E-state index in [9.17, 15) is 9.18 Å². The van der Waals surface area contributed by atoms with Gasteiger partial charge in [-0.05, 0) is 31.5 Å². The number of amides is 1. The molecule has 0 bridgehead atoms. The number of nitrogens with two attached hydrogens (primary N) is 1. The number of nitrogen functional groups attached to an aromatic ring is 1. The Kier molecular flexibility index (Phi) is 5.98. The second kappa shape index (κ2) is 7.26. The van der Waals surface area contributed by atoms with Gasteiger partial charge in [-0.25, -0.2) is 4.39 Å². The maximum Gasteiger partial charge on any atom is 0.230 e. The lowest BCUT2D eigenvalue weighted by Crippen LogP contribution is -2.33. The topological polar surface area (TPSA) is 55.1 Å². The van der Waals surface area contributed by atoms with E-state index in [4.69, 9.17) is 5.73 Å². The molecule has 0 spiro atoms. The Hall–Kier alpha value is -1.23. The smallest absolute Gasteiger partial charge is 0.230 e. The minimum Gasteiger partial charge on any atom is -0.398 e. The van der Waals surface area contributed by atoms with Crippen LogP contribution in [0, 0.1) is 5.82 Å². The van der Waals surface area contributed by atoms with Gasteiger partial charge in [-0.1, -0.05) is 13.3 Å². The summed E-state index contributed by atoms with van der Waals surface area (Å²) in [5, 5.41) is 2.89. The Morgan fingerprint density at radius 3 is 2.94 bits per heavy atom. The van der Waals surface area contributed by atoms with Gasteiger partial charge in [0.25, 0.3) is 0 Å². The number of halogens is 1. The minimum absolute atomic E-state index is 0.0513. The fourth-order valence-electron chi connectivity index (χ4n) is 1.60. The molecule has 1 unspecified atom stereocenters. The number of hydrogen-bond donors (Lipinski definition) is 2. The van der Waals surface area contributed by atoms with Gasteiger partial charge in [0, 0.05) is 16.6 Å². The number of carbonyl (C=O) groups excluding carboxylic acids is 1. The Morgan fingerprint density at radius 2 is 2.28 bits per heavy atom. The van der Waals surface area contributed by atoms with Crippen molar-refractivity contribution < 1.29 is 9.18 Å². The SMILES string of the molecule is CCCC(C)NC(=O)CSc1cc(F)ccc1N. The molecular weight excluding hydrogens is 251 g/mol. The van der Waals surface area contributed by atoms with E-state index in [1.54, 1.807) is 0 Å². The minimum atomic E-state index is -0.341. The van der Waals surface area contributed by atoms with Crippen molar-refractivity contribution in [1.29, 1.82) is 0 Å². The quantitative estimate of drug-likeness (QED) is 0.617. The zero-order chi connectivity index (χ0) is 13.5. The molecular formula is C13H19FN2OS. The van der Waals surface area contributed by atoms with Crippen molar-refractivity contribution in [1.82, 2.24) is 5.32 Å². The third-order valence-corrected chi connectivity index (χ3v) is 3.53. The Balaban J connectivity index is 2.45. The van der Waals surface area contributed by atoms with Crippen LogP contribution in [0.25, 0.3) is 0 Å². The van der Waals surface area contributed by atoms with E-state index >= 15 is 0 Å². The summed E-state index contributed by atoms with van der Waals surface area (Å²) >= 11 is 1.25. The van der Waals surface area contributed by atoms with Gasteiger partial charge in [-0.15, -0.1) is 11.8 Å². The second-order valence-electron chi connectivity index (χ2n) is 4.23. The molecule has 18 heavy (non-hydrogen) atoms. The molecule has 0 aliphatic rings. The summed E-state index contributed by atoms with van der Waals surface area (Å²) in [7, 11) is 0. The monoisotopic (exact) mass is 270 g/mol. The van der Waals surface area contributed by atoms with E-state index in [0.29, 0.717) is 10.6 Å². The standard InChI is InChI=1S/C13H19FN2OS/c1-3-4-9(2)16-13(17)8-18-12-7-10(14)5-6-11(12)15/h5-7,9H,3-4,8,15H2,1-2H3,(H,16,17). The number of hydrogen-bond acceptors (Lipinski definition) is 3. The van der Waals surface area contributed by atoms with Crippen LogP contribution in [0.5, 0.6) is 0 Å². The predicted octanol–water partition coefficient (Wildman–Crippen LogP) is 2.80. The van der Waals surface area contributed by atoms with Crippen molar-refractivity contribution in [3.63, 3.8) is 0 Å². The number of nitrogens with one attached hydrogen (secondary N) is 1. The highest BCUT2D eigenvalue weighted by molar-refractivity contribution is 8.00. The molecule has 0 aliphatic heterocycles. The molecule has 100 valence electrons. The molecule has 0 saturated carbocycles. The van der Waals surface area contributed by atoms with Crippen molar-refractivity contribution in [2.45, 2.75) is 37.6 Å². The van der Waals surface area contributed by atoms with Gasteiger partial charge in [0.2, 0.25) is 5.91 Å². The predicted molar refractivity (Wildman–Crippen MR) is 74.0 cm³/mol. The first-order valence-electron chi connectivity index (χ1n) is 6.00. The fraction of sp³-hybridized carbons (Fsp3) is 0.462. The van der Waals surface area contributed by atoms with Crippen molar-refractivity contribution in [3.05, 3.63) is 24.0 Å². The van der Waals surface area contributed by atoms with Gasteiger partial charge < -0.3 is 11.1 Å². The van der Waals surface area contributed by atoms with Crippen molar-refractivity contribution >= 4 is 23.4 Å². The van der Waals surface area contributed by atoms with Crippen molar-refractivity contribution in [2.75, 3.05) is 11.5 Å². The highest BCUT2D eigenvalue weighted by Crippen LogP contribution is 2.25. The summed E-state index contributed by atoms with van der Waals surface area (Å²) < 4.78 is 13.0. The van der Waals surface area contributed by atoms with Gasteiger partial charge in [0.05, 0.1) is 5.75 Å². The molecule has 0 aromatic heterocycles. The van der Waals surface area contributed by atoms with Gasteiger partial charge >= 0.3 is 0 Å². The van der Waals surface area contributed by atoms with Crippen molar-refractivity contribution in [2.24, 2.45) is 0 Å². The average Bonchev–Trinajstić information content (AvgIpc) is 2.30. The molecule has 0 saturated heterocycles. The molecule has 0 aliphatic carbocycles. The van der Waals surface area contributed by atoms with Crippen LogP contribution in [-0.2, 0) is 4.79 Å². The first-order valence-corrected chi connectivity index (χ1v) is 6.98. The van der Waals surface area contributed by atoms with E-state index in [-0.39, 0.29) is 23.5 Å². The van der Waals surface area contributed by atoms with E-state index in [1.165, 1.54) is 30.0 Å². The molecule has 3 N–H and O–H groups in total. The van der Waals surface area contributed by atoms with E-state index in [1.807, 2.05) is 6.92 Å². The highest BCUT2D eigenvalue weighted by Gasteiger charge is 2.09. The third-order valence-electron chi connectivity index (χ3n) is 2.46. The maximum absolute atomic E-state index is 13.0. The second-order valence-corrected chi connectivity index (χ2v) is 5.25. The van der Waals surface area contributed by atoms with Gasteiger partial charge in [0.1, 0.15) is 5.82 Å². The summed E-state index contributed by atoms with van der Waals surface area (Å²) in [6.07, 6.45) is 1.99. The van der Waals surface area contributed by atoms with Crippen LogP contribution in [0.2, 0.25) is 0 Å². The first-order chi connectivity index (χ1) is 8.52. The molecule has 1 amide bonds. The van der Waals surface area contributed by atoms with Gasteiger partial charge in [-0.2, -0.15) is 0 Å². The molecule has 1 rings (SSSR count). The molecule has 0 radical (unpaired) electrons. The molecule has 0 fully saturated rings. The molecule has 5 heteroatoms. The van der Waals surface area contributed by atoms with E-state index in [2.05, 4.69) is 12.2 Å². The number of carbonyl (C=O) groups is 1. The molecule has 1 aromatic carbocycles. The molecule has 3 nitrogen and oxygen atoms in total. The number of anilines is 1. The lowest BCUT2D eigenvalue weighted by Gasteiger charge is -2.12. The van der Waals surface area contributed by atoms with E-state index in [0.717, 1.165) is 12.8 Å². The summed E-state index contributed by atoms with van der Waals surface area (Å²) in [5.41, 5.74) is 6.20. The zero-order valence-electron chi connectivity index (χ0n) is 10.7. The van der Waals surface area contributed by atoms with Crippen LogP contribution in [0.1, 0.15) is 26.7 Å². The van der Waals surface area contributed by atoms with Crippen molar-refractivity contribution in [3.8, 4) is 0 Å². The molecule has 1 atom stereocenters. The Labute approximate surface area is 111 Å². The van der Waals surface area contributed by atoms with E-state index < -0.39 is 0 Å². The molecule has 0 heterocycles. The van der Waals surface area contributed by atoms with Crippen LogP contribution in [0.3, 0.4) is 0 Å². The van der Waals surface area contributed by atoms with Crippen LogP contribution in [0.15, 0.2) is 23.1 Å². The van der Waals surface area contributed by atoms with Gasteiger partial charge in [0.15, 0.2) is 0 Å². The Bertz CT molecular complexity index is 412. The van der Waals surface area contributed by atoms with Crippen LogP contribution >= 0.6 is 11.8 Å². The largest absolute Gasteiger partial charge is 0.398 e.